The van der Waals surface area contributed by atoms with Crippen LogP contribution < -0.4 is 9.47 Å². The van der Waals surface area contributed by atoms with E-state index in [0.717, 1.165) is 37.7 Å². The van der Waals surface area contributed by atoms with Gasteiger partial charge in [0.15, 0.2) is 9.84 Å². The minimum Gasteiger partial charge on any atom is -0.491 e. The van der Waals surface area contributed by atoms with Gasteiger partial charge in [-0.05, 0) is 62.1 Å². The summed E-state index contributed by atoms with van der Waals surface area (Å²) in [5.41, 5.74) is 1.02. The first-order chi connectivity index (χ1) is 15.8. The molecular formula is C24H27NO7S. The summed E-state index contributed by atoms with van der Waals surface area (Å²) < 4.78 is 46.1. The number of benzene rings is 2. The fourth-order valence-corrected chi connectivity index (χ4v) is 4.32. The van der Waals surface area contributed by atoms with E-state index in [0.29, 0.717) is 41.0 Å². The van der Waals surface area contributed by atoms with E-state index in [1.807, 2.05) is 0 Å². The number of ether oxygens (including phenoxy) is 4. The monoisotopic (exact) mass is 473 g/mol. The van der Waals surface area contributed by atoms with Gasteiger partial charge in [0.05, 0.1) is 23.6 Å². The van der Waals surface area contributed by atoms with Crippen LogP contribution in [-0.2, 0) is 19.3 Å². The first-order valence-electron chi connectivity index (χ1n) is 10.9. The molecule has 1 N–H and O–H groups in total. The van der Waals surface area contributed by atoms with Crippen LogP contribution in [0.1, 0.15) is 30.3 Å². The number of aromatic amines is 1. The lowest BCUT2D eigenvalue weighted by atomic mass is 10.0. The molecule has 0 spiro atoms. The number of rotatable bonds is 8. The molecule has 3 aromatic rings. The van der Waals surface area contributed by atoms with Crippen LogP contribution in [0.4, 0.5) is 0 Å². The highest BCUT2D eigenvalue weighted by atomic mass is 32.2. The topological polar surface area (TPSA) is 104 Å². The van der Waals surface area contributed by atoms with E-state index >= 15 is 0 Å². The molecule has 1 saturated heterocycles. The molecule has 1 aromatic heterocycles. The van der Waals surface area contributed by atoms with Gasteiger partial charge in [-0.1, -0.05) is 0 Å². The molecule has 1 aliphatic rings. The normalized spacial score (nSPS) is 14.8. The third kappa shape index (κ3) is 5.66. The van der Waals surface area contributed by atoms with Crippen molar-refractivity contribution < 1.29 is 32.2 Å². The van der Waals surface area contributed by atoms with Gasteiger partial charge in [0.25, 0.3) is 0 Å². The fourth-order valence-electron chi connectivity index (χ4n) is 3.69. The maximum Gasteiger partial charge on any atom is 0.354 e. The van der Waals surface area contributed by atoms with Gasteiger partial charge < -0.3 is 23.9 Å². The SMILES string of the molecule is CCOC(=O)c1cc2cc(Oc3ccc(S(C)(=O)=O)cc3)cc(OCC3CCOCC3)c2[nH]1. The van der Waals surface area contributed by atoms with Gasteiger partial charge in [-0.2, -0.15) is 0 Å². The molecular weight excluding hydrogens is 446 g/mol. The molecule has 8 nitrogen and oxygen atoms in total. The second-order valence-corrected chi connectivity index (χ2v) is 10.0. The maximum atomic E-state index is 12.2. The highest BCUT2D eigenvalue weighted by molar-refractivity contribution is 7.90. The molecule has 0 aliphatic carbocycles. The second-order valence-electron chi connectivity index (χ2n) is 8.00. The molecule has 0 bridgehead atoms. The zero-order valence-corrected chi connectivity index (χ0v) is 19.4. The van der Waals surface area contributed by atoms with Crippen molar-refractivity contribution in [2.75, 3.05) is 32.7 Å². The van der Waals surface area contributed by atoms with Gasteiger partial charge in [0, 0.05) is 30.9 Å². The lowest BCUT2D eigenvalue weighted by molar-refractivity contribution is 0.0498. The molecule has 1 fully saturated rings. The Morgan fingerprint density at radius 1 is 1.09 bits per heavy atom. The summed E-state index contributed by atoms with van der Waals surface area (Å²) >= 11 is 0. The second kappa shape index (κ2) is 9.84. The van der Waals surface area contributed by atoms with Crippen LogP contribution in [0, 0.1) is 5.92 Å². The summed E-state index contributed by atoms with van der Waals surface area (Å²) in [5.74, 6) is 1.51. The minimum atomic E-state index is -3.29. The molecule has 0 unspecified atom stereocenters. The molecule has 4 rings (SSSR count). The Labute approximate surface area is 192 Å². The zero-order chi connectivity index (χ0) is 23.4. The van der Waals surface area contributed by atoms with Gasteiger partial charge in [-0.3, -0.25) is 0 Å². The highest BCUT2D eigenvalue weighted by Gasteiger charge is 2.18. The average Bonchev–Trinajstić information content (AvgIpc) is 3.23. The summed E-state index contributed by atoms with van der Waals surface area (Å²) in [6.45, 7) is 4.01. The molecule has 1 aliphatic heterocycles. The van der Waals surface area contributed by atoms with Crippen molar-refractivity contribution in [1.29, 1.82) is 0 Å². The number of hydrogen-bond donors (Lipinski definition) is 1. The van der Waals surface area contributed by atoms with Crippen LogP contribution >= 0.6 is 0 Å². The molecule has 2 aromatic carbocycles. The van der Waals surface area contributed by atoms with Crippen LogP contribution in [0.5, 0.6) is 17.2 Å². The third-order valence-electron chi connectivity index (χ3n) is 5.46. The van der Waals surface area contributed by atoms with Crippen molar-refractivity contribution in [3.63, 3.8) is 0 Å². The van der Waals surface area contributed by atoms with E-state index in [9.17, 15) is 13.2 Å². The molecule has 0 radical (unpaired) electrons. The number of hydrogen-bond acceptors (Lipinski definition) is 7. The van der Waals surface area contributed by atoms with E-state index in [2.05, 4.69) is 4.98 Å². The van der Waals surface area contributed by atoms with Crippen molar-refractivity contribution in [2.24, 2.45) is 5.92 Å². The van der Waals surface area contributed by atoms with Crippen molar-refractivity contribution in [1.82, 2.24) is 4.98 Å². The Hall–Kier alpha value is -3.04. The van der Waals surface area contributed by atoms with Crippen LogP contribution in [0.3, 0.4) is 0 Å². The number of fused-ring (bicyclic) bond motifs is 1. The molecule has 0 amide bonds. The van der Waals surface area contributed by atoms with Crippen molar-refractivity contribution in [2.45, 2.75) is 24.7 Å². The quantitative estimate of drug-likeness (QED) is 0.485. The number of aromatic nitrogens is 1. The van der Waals surface area contributed by atoms with Gasteiger partial charge in [-0.15, -0.1) is 0 Å². The Morgan fingerprint density at radius 2 is 1.82 bits per heavy atom. The van der Waals surface area contributed by atoms with Crippen LogP contribution in [0.25, 0.3) is 10.9 Å². The molecule has 0 saturated carbocycles. The predicted octanol–water partition coefficient (Wildman–Crippen LogP) is 4.35. The summed E-state index contributed by atoms with van der Waals surface area (Å²) in [6, 6.07) is 11.5. The van der Waals surface area contributed by atoms with Crippen molar-refractivity contribution in [3.05, 3.63) is 48.2 Å². The van der Waals surface area contributed by atoms with Crippen molar-refractivity contribution >= 4 is 26.7 Å². The molecule has 9 heteroatoms. The minimum absolute atomic E-state index is 0.218. The number of esters is 1. The van der Waals surface area contributed by atoms with E-state index in [1.54, 1.807) is 37.3 Å². The lowest BCUT2D eigenvalue weighted by Crippen LogP contribution is -2.21. The Balaban J connectivity index is 1.63. The summed E-state index contributed by atoms with van der Waals surface area (Å²) in [4.78, 5) is 15.6. The standard InChI is InChI=1S/C24H27NO7S/c1-3-30-24(26)21-13-17-12-19(32-18-4-6-20(7-5-18)33(2,27)28)14-22(23(17)25-21)31-15-16-8-10-29-11-9-16/h4-7,12-14,16,25H,3,8-11,15H2,1-2H3. The number of carbonyl (C=O) groups excluding carboxylic acids is 1. The zero-order valence-electron chi connectivity index (χ0n) is 18.6. The molecule has 2 heterocycles. The van der Waals surface area contributed by atoms with Crippen LogP contribution in [0.2, 0.25) is 0 Å². The van der Waals surface area contributed by atoms with E-state index in [4.69, 9.17) is 18.9 Å². The Kier molecular flexibility index (Phi) is 6.90. The van der Waals surface area contributed by atoms with E-state index in [-0.39, 0.29) is 11.5 Å². The highest BCUT2D eigenvalue weighted by Crippen LogP contribution is 2.35. The Morgan fingerprint density at radius 3 is 2.48 bits per heavy atom. The smallest absolute Gasteiger partial charge is 0.354 e. The van der Waals surface area contributed by atoms with E-state index < -0.39 is 15.8 Å². The fraction of sp³-hybridized carbons (Fsp3) is 0.375. The first-order valence-corrected chi connectivity index (χ1v) is 12.7. The number of nitrogens with one attached hydrogen (secondary N) is 1. The molecule has 176 valence electrons. The van der Waals surface area contributed by atoms with Crippen LogP contribution in [-0.4, -0.2) is 52.1 Å². The van der Waals surface area contributed by atoms with E-state index in [1.165, 1.54) is 12.1 Å². The molecule has 0 atom stereocenters. The van der Waals surface area contributed by atoms with Gasteiger partial charge in [0.2, 0.25) is 0 Å². The van der Waals surface area contributed by atoms with Crippen LogP contribution in [0.15, 0.2) is 47.4 Å². The third-order valence-corrected chi connectivity index (χ3v) is 6.59. The van der Waals surface area contributed by atoms with Gasteiger partial charge >= 0.3 is 5.97 Å². The van der Waals surface area contributed by atoms with Gasteiger partial charge in [-0.25, -0.2) is 13.2 Å². The number of sulfone groups is 1. The first kappa shape index (κ1) is 23.1. The summed E-state index contributed by atoms with van der Waals surface area (Å²) in [6.07, 6.45) is 3.03. The molecule has 33 heavy (non-hydrogen) atoms. The maximum absolute atomic E-state index is 12.2. The van der Waals surface area contributed by atoms with Crippen molar-refractivity contribution in [3.8, 4) is 17.2 Å². The van der Waals surface area contributed by atoms with Gasteiger partial charge in [0.1, 0.15) is 22.9 Å². The largest absolute Gasteiger partial charge is 0.491 e. The Bertz CT molecular complexity index is 1230. The summed E-state index contributed by atoms with van der Waals surface area (Å²) in [7, 11) is -3.29. The predicted molar refractivity (Wildman–Crippen MR) is 123 cm³/mol. The summed E-state index contributed by atoms with van der Waals surface area (Å²) in [5, 5.41) is 0.741. The number of carbonyl (C=O) groups is 1. The number of H-pyrrole nitrogens is 1. The lowest BCUT2D eigenvalue weighted by Gasteiger charge is -2.22. The average molecular weight is 474 g/mol.